The smallest absolute Gasteiger partial charge is 0.317 e. The van der Waals surface area contributed by atoms with E-state index in [-0.39, 0.29) is 18.5 Å². The first-order valence-corrected chi connectivity index (χ1v) is 9.46. The van der Waals surface area contributed by atoms with Crippen molar-refractivity contribution in [1.29, 1.82) is 0 Å². The van der Waals surface area contributed by atoms with Crippen LogP contribution < -0.4 is 15.0 Å². The van der Waals surface area contributed by atoms with Gasteiger partial charge in [-0.05, 0) is 31.9 Å². The number of nitrogens with one attached hydrogen (secondary N) is 1. The van der Waals surface area contributed by atoms with Crippen molar-refractivity contribution in [2.24, 2.45) is 0 Å². The number of amides is 3. The van der Waals surface area contributed by atoms with E-state index in [0.717, 1.165) is 50.5 Å². The third kappa shape index (κ3) is 4.39. The Kier molecular flexibility index (Phi) is 6.20. The summed E-state index contributed by atoms with van der Waals surface area (Å²) in [6.07, 6.45) is 2.12. The molecule has 3 rings (SSSR count). The fourth-order valence-electron chi connectivity index (χ4n) is 3.49. The van der Waals surface area contributed by atoms with E-state index in [2.05, 4.69) is 16.3 Å². The topological polar surface area (TPSA) is 65.1 Å². The number of carbonyl (C=O) groups excluding carboxylic acids is 2. The number of urea groups is 1. The van der Waals surface area contributed by atoms with Crippen LogP contribution >= 0.6 is 0 Å². The molecule has 2 aliphatic rings. The number of hydrogen-bond donors (Lipinski definition) is 1. The molecule has 1 aromatic carbocycles. The highest BCUT2D eigenvalue weighted by molar-refractivity contribution is 5.84. The Labute approximate surface area is 154 Å². The zero-order valence-corrected chi connectivity index (χ0v) is 15.4. The molecule has 7 heteroatoms. The lowest BCUT2D eigenvalue weighted by Gasteiger charge is -2.36. The summed E-state index contributed by atoms with van der Waals surface area (Å²) in [5, 5.41) is 2.77. The van der Waals surface area contributed by atoms with Gasteiger partial charge >= 0.3 is 6.03 Å². The summed E-state index contributed by atoms with van der Waals surface area (Å²) < 4.78 is 5.70. The number of likely N-dealkylation sites (tertiary alicyclic amines) is 1. The van der Waals surface area contributed by atoms with Gasteiger partial charge in [-0.2, -0.15) is 0 Å². The van der Waals surface area contributed by atoms with Gasteiger partial charge in [0, 0.05) is 39.3 Å². The van der Waals surface area contributed by atoms with Crippen molar-refractivity contribution in [1.82, 2.24) is 15.1 Å². The molecule has 0 aliphatic carbocycles. The standard InChI is InChI=1S/C19H28N4O3/c1-2-26-17-8-4-3-7-16(17)21-11-13-23(14-12-21)19(25)20-15-18(24)22-9-5-6-10-22/h3-4,7-8H,2,5-6,9-15H2,1H3,(H,20,25). The molecule has 0 aromatic heterocycles. The Morgan fingerprint density at radius 1 is 1.00 bits per heavy atom. The highest BCUT2D eigenvalue weighted by Gasteiger charge is 2.24. The van der Waals surface area contributed by atoms with Crippen molar-refractivity contribution in [2.75, 3.05) is 57.3 Å². The Bertz CT molecular complexity index is 623. The molecule has 0 saturated carbocycles. The van der Waals surface area contributed by atoms with E-state index in [9.17, 15) is 9.59 Å². The third-order valence-electron chi connectivity index (χ3n) is 4.92. The second-order valence-corrected chi connectivity index (χ2v) is 6.62. The maximum absolute atomic E-state index is 12.3. The first-order chi connectivity index (χ1) is 12.7. The zero-order chi connectivity index (χ0) is 18.4. The van der Waals surface area contributed by atoms with Gasteiger partial charge in [-0.25, -0.2) is 4.79 Å². The van der Waals surface area contributed by atoms with E-state index in [0.29, 0.717) is 19.7 Å². The molecule has 1 aromatic rings. The summed E-state index contributed by atoms with van der Waals surface area (Å²) in [6.45, 7) is 7.07. The van der Waals surface area contributed by atoms with Gasteiger partial charge in [0.15, 0.2) is 0 Å². The normalized spacial score (nSPS) is 17.3. The Balaban J connectivity index is 1.47. The van der Waals surface area contributed by atoms with Crippen molar-refractivity contribution in [2.45, 2.75) is 19.8 Å². The Morgan fingerprint density at radius 2 is 1.69 bits per heavy atom. The monoisotopic (exact) mass is 360 g/mol. The number of hydrogen-bond acceptors (Lipinski definition) is 4. The first kappa shape index (κ1) is 18.4. The van der Waals surface area contributed by atoms with E-state index in [1.807, 2.05) is 30.0 Å². The quantitative estimate of drug-likeness (QED) is 0.865. The molecule has 3 amide bonds. The average Bonchev–Trinajstić information content (AvgIpc) is 3.22. The van der Waals surface area contributed by atoms with Gasteiger partial charge in [-0.15, -0.1) is 0 Å². The summed E-state index contributed by atoms with van der Waals surface area (Å²) in [7, 11) is 0. The lowest BCUT2D eigenvalue weighted by Crippen LogP contribution is -2.53. The molecule has 142 valence electrons. The van der Waals surface area contributed by atoms with Crippen LogP contribution in [0, 0.1) is 0 Å². The van der Waals surface area contributed by atoms with Crippen LogP contribution in [0.15, 0.2) is 24.3 Å². The molecule has 0 unspecified atom stereocenters. The van der Waals surface area contributed by atoms with E-state index >= 15 is 0 Å². The molecule has 1 N–H and O–H groups in total. The van der Waals surface area contributed by atoms with E-state index in [4.69, 9.17) is 4.74 Å². The van der Waals surface area contributed by atoms with Crippen LogP contribution in [0.2, 0.25) is 0 Å². The van der Waals surface area contributed by atoms with Crippen LogP contribution in [0.4, 0.5) is 10.5 Å². The molecule has 26 heavy (non-hydrogen) atoms. The molecule has 0 spiro atoms. The summed E-state index contributed by atoms with van der Waals surface area (Å²) in [6, 6.07) is 7.84. The van der Waals surface area contributed by atoms with Crippen molar-refractivity contribution in [3.05, 3.63) is 24.3 Å². The molecular formula is C19H28N4O3. The van der Waals surface area contributed by atoms with E-state index in [1.54, 1.807) is 4.90 Å². The van der Waals surface area contributed by atoms with Gasteiger partial charge in [-0.1, -0.05) is 12.1 Å². The largest absolute Gasteiger partial charge is 0.492 e. The molecule has 7 nitrogen and oxygen atoms in total. The summed E-state index contributed by atoms with van der Waals surface area (Å²) in [5.74, 6) is 0.893. The summed E-state index contributed by atoms with van der Waals surface area (Å²) in [4.78, 5) is 30.2. The zero-order valence-electron chi connectivity index (χ0n) is 15.4. The summed E-state index contributed by atoms with van der Waals surface area (Å²) >= 11 is 0. The number of para-hydroxylation sites is 2. The van der Waals surface area contributed by atoms with Crippen molar-refractivity contribution < 1.29 is 14.3 Å². The SMILES string of the molecule is CCOc1ccccc1N1CCN(C(=O)NCC(=O)N2CCCC2)CC1. The third-order valence-corrected chi connectivity index (χ3v) is 4.92. The fraction of sp³-hybridized carbons (Fsp3) is 0.579. The van der Waals surface area contributed by atoms with Gasteiger partial charge < -0.3 is 24.8 Å². The summed E-state index contributed by atoms with van der Waals surface area (Å²) in [5.41, 5.74) is 1.07. The number of nitrogens with zero attached hydrogens (tertiary/aromatic N) is 3. The number of ether oxygens (including phenoxy) is 1. The maximum atomic E-state index is 12.3. The number of benzene rings is 1. The second-order valence-electron chi connectivity index (χ2n) is 6.62. The van der Waals surface area contributed by atoms with Gasteiger partial charge in [-0.3, -0.25) is 4.79 Å². The fourth-order valence-corrected chi connectivity index (χ4v) is 3.49. The minimum absolute atomic E-state index is 0.0140. The number of anilines is 1. The lowest BCUT2D eigenvalue weighted by molar-refractivity contribution is -0.129. The molecular weight excluding hydrogens is 332 g/mol. The first-order valence-electron chi connectivity index (χ1n) is 9.46. The minimum Gasteiger partial charge on any atom is -0.492 e. The highest BCUT2D eigenvalue weighted by atomic mass is 16.5. The van der Waals surface area contributed by atoms with Crippen LogP contribution in [-0.2, 0) is 4.79 Å². The van der Waals surface area contributed by atoms with E-state index < -0.39 is 0 Å². The highest BCUT2D eigenvalue weighted by Crippen LogP contribution is 2.28. The molecule has 2 heterocycles. The number of rotatable bonds is 5. The van der Waals surface area contributed by atoms with Crippen molar-refractivity contribution >= 4 is 17.6 Å². The molecule has 0 atom stereocenters. The van der Waals surface area contributed by atoms with Gasteiger partial charge in [0.1, 0.15) is 5.75 Å². The minimum atomic E-state index is -0.157. The van der Waals surface area contributed by atoms with Gasteiger partial charge in [0.2, 0.25) is 5.91 Å². The molecule has 2 aliphatic heterocycles. The predicted molar refractivity (Wildman–Crippen MR) is 101 cm³/mol. The number of piperazine rings is 1. The van der Waals surface area contributed by atoms with Gasteiger partial charge in [0.25, 0.3) is 0 Å². The van der Waals surface area contributed by atoms with Gasteiger partial charge in [0.05, 0.1) is 18.8 Å². The Hall–Kier alpha value is -2.44. The van der Waals surface area contributed by atoms with E-state index in [1.165, 1.54) is 0 Å². The molecule has 0 radical (unpaired) electrons. The average molecular weight is 360 g/mol. The second kappa shape index (κ2) is 8.78. The van der Waals surface area contributed by atoms with Crippen LogP contribution in [0.25, 0.3) is 0 Å². The van der Waals surface area contributed by atoms with Crippen LogP contribution in [0.1, 0.15) is 19.8 Å². The number of carbonyl (C=O) groups is 2. The maximum Gasteiger partial charge on any atom is 0.317 e. The van der Waals surface area contributed by atoms with Crippen LogP contribution in [-0.4, -0.2) is 74.2 Å². The van der Waals surface area contributed by atoms with Crippen LogP contribution in [0.5, 0.6) is 5.75 Å². The predicted octanol–water partition coefficient (Wildman–Crippen LogP) is 1.54. The van der Waals surface area contributed by atoms with Crippen LogP contribution in [0.3, 0.4) is 0 Å². The molecule has 0 bridgehead atoms. The molecule has 2 saturated heterocycles. The van der Waals surface area contributed by atoms with Crippen molar-refractivity contribution in [3.63, 3.8) is 0 Å². The molecule has 2 fully saturated rings. The lowest BCUT2D eigenvalue weighted by atomic mass is 10.2. The van der Waals surface area contributed by atoms with Crippen molar-refractivity contribution in [3.8, 4) is 5.75 Å². The Morgan fingerprint density at radius 3 is 2.38 bits per heavy atom.